The van der Waals surface area contributed by atoms with E-state index < -0.39 is 0 Å². The van der Waals surface area contributed by atoms with Crippen LogP contribution in [0, 0.1) is 5.82 Å². The van der Waals surface area contributed by atoms with E-state index in [1.54, 1.807) is 23.1 Å². The van der Waals surface area contributed by atoms with Gasteiger partial charge in [-0.3, -0.25) is 9.59 Å². The Morgan fingerprint density at radius 1 is 1.32 bits per heavy atom. The van der Waals surface area contributed by atoms with Gasteiger partial charge in [-0.1, -0.05) is 12.1 Å². The first kappa shape index (κ1) is 16.9. The van der Waals surface area contributed by atoms with Crippen molar-refractivity contribution in [2.24, 2.45) is 0 Å². The number of hydrogen-bond donors (Lipinski definition) is 2. The van der Waals surface area contributed by atoms with Gasteiger partial charge in [0.15, 0.2) is 0 Å². The highest BCUT2D eigenvalue weighted by Crippen LogP contribution is 2.22. The molecule has 7 heteroatoms. The van der Waals surface area contributed by atoms with Crippen LogP contribution in [0.1, 0.15) is 28.5 Å². The highest BCUT2D eigenvalue weighted by Gasteiger charge is 2.28. The van der Waals surface area contributed by atoms with Gasteiger partial charge in [0.05, 0.1) is 17.8 Å². The van der Waals surface area contributed by atoms with E-state index in [9.17, 15) is 14.0 Å². The molecule has 25 heavy (non-hydrogen) atoms. The summed E-state index contributed by atoms with van der Waals surface area (Å²) in [5.74, 6) is 0.164. The quantitative estimate of drug-likeness (QED) is 0.841. The largest absolute Gasteiger partial charge is 0.366 e. The lowest BCUT2D eigenvalue weighted by Crippen LogP contribution is -2.34. The molecule has 1 aromatic heterocycles. The SMILES string of the molecule is CC(=O)NCCN1Cc2nc(NCc3cccc(F)c3)ccc2C1=O. The normalized spacial score (nSPS) is 12.9. The van der Waals surface area contributed by atoms with Crippen LogP contribution in [0.3, 0.4) is 0 Å². The number of rotatable bonds is 6. The number of halogens is 1. The van der Waals surface area contributed by atoms with Gasteiger partial charge in [0.1, 0.15) is 11.6 Å². The Hall–Kier alpha value is -2.96. The number of anilines is 1. The van der Waals surface area contributed by atoms with E-state index in [4.69, 9.17) is 0 Å². The van der Waals surface area contributed by atoms with E-state index in [0.717, 1.165) is 5.56 Å². The highest BCUT2D eigenvalue weighted by atomic mass is 19.1. The second-order valence-corrected chi connectivity index (χ2v) is 5.88. The van der Waals surface area contributed by atoms with E-state index >= 15 is 0 Å². The molecular weight excluding hydrogens is 323 g/mol. The van der Waals surface area contributed by atoms with E-state index in [-0.39, 0.29) is 17.6 Å². The molecule has 3 rings (SSSR count). The van der Waals surface area contributed by atoms with Crippen molar-refractivity contribution >= 4 is 17.6 Å². The third kappa shape index (κ3) is 4.12. The Balaban J connectivity index is 1.62. The minimum atomic E-state index is -0.276. The van der Waals surface area contributed by atoms with Crippen molar-refractivity contribution < 1.29 is 14.0 Å². The van der Waals surface area contributed by atoms with Crippen molar-refractivity contribution in [2.75, 3.05) is 18.4 Å². The van der Waals surface area contributed by atoms with E-state index in [0.29, 0.717) is 43.3 Å². The molecule has 0 spiro atoms. The molecular formula is C18H19FN4O2. The van der Waals surface area contributed by atoms with Crippen molar-refractivity contribution in [2.45, 2.75) is 20.0 Å². The van der Waals surface area contributed by atoms with Gasteiger partial charge in [-0.25, -0.2) is 9.37 Å². The van der Waals surface area contributed by atoms with Crippen molar-refractivity contribution in [1.82, 2.24) is 15.2 Å². The van der Waals surface area contributed by atoms with Gasteiger partial charge in [0.2, 0.25) is 5.91 Å². The molecule has 0 fully saturated rings. The molecule has 2 heterocycles. The number of carbonyl (C=O) groups is 2. The first-order chi connectivity index (χ1) is 12.0. The Labute approximate surface area is 145 Å². The van der Waals surface area contributed by atoms with Gasteiger partial charge in [0.25, 0.3) is 5.91 Å². The predicted octanol–water partition coefficient (Wildman–Crippen LogP) is 1.92. The molecule has 130 valence electrons. The Kier molecular flexibility index (Phi) is 4.92. The van der Waals surface area contributed by atoms with Crippen LogP contribution in [0.25, 0.3) is 0 Å². The van der Waals surface area contributed by atoms with Crippen LogP contribution in [0.2, 0.25) is 0 Å². The van der Waals surface area contributed by atoms with Crippen LogP contribution in [-0.4, -0.2) is 34.8 Å². The fraction of sp³-hybridized carbons (Fsp3) is 0.278. The second kappa shape index (κ2) is 7.29. The molecule has 0 saturated heterocycles. The third-order valence-corrected chi connectivity index (χ3v) is 3.95. The van der Waals surface area contributed by atoms with Gasteiger partial charge >= 0.3 is 0 Å². The summed E-state index contributed by atoms with van der Waals surface area (Å²) >= 11 is 0. The molecule has 1 aliphatic heterocycles. The number of pyridine rings is 1. The number of nitrogens with one attached hydrogen (secondary N) is 2. The molecule has 2 aromatic rings. The fourth-order valence-corrected chi connectivity index (χ4v) is 2.73. The van der Waals surface area contributed by atoms with E-state index in [2.05, 4.69) is 15.6 Å². The molecule has 0 saturated carbocycles. The molecule has 1 aliphatic rings. The molecule has 0 atom stereocenters. The molecule has 0 aliphatic carbocycles. The van der Waals surface area contributed by atoms with Gasteiger partial charge < -0.3 is 15.5 Å². The topological polar surface area (TPSA) is 74.3 Å². The summed E-state index contributed by atoms with van der Waals surface area (Å²) in [5.41, 5.74) is 2.10. The van der Waals surface area contributed by atoms with Gasteiger partial charge in [0, 0.05) is 26.6 Å². The van der Waals surface area contributed by atoms with Crippen LogP contribution in [-0.2, 0) is 17.9 Å². The Morgan fingerprint density at radius 2 is 2.16 bits per heavy atom. The molecule has 0 radical (unpaired) electrons. The molecule has 0 unspecified atom stereocenters. The lowest BCUT2D eigenvalue weighted by atomic mass is 10.2. The zero-order valence-corrected chi connectivity index (χ0v) is 13.9. The van der Waals surface area contributed by atoms with Crippen molar-refractivity contribution in [3.8, 4) is 0 Å². The lowest BCUT2D eigenvalue weighted by Gasteiger charge is -2.14. The molecule has 1 aromatic carbocycles. The molecule has 0 bridgehead atoms. The van der Waals surface area contributed by atoms with Crippen molar-refractivity contribution in [3.05, 3.63) is 59.0 Å². The minimum absolute atomic E-state index is 0.0791. The van der Waals surface area contributed by atoms with Gasteiger partial charge in [-0.15, -0.1) is 0 Å². The fourth-order valence-electron chi connectivity index (χ4n) is 2.73. The molecule has 2 amide bonds. The highest BCUT2D eigenvalue weighted by molar-refractivity contribution is 5.98. The summed E-state index contributed by atoms with van der Waals surface area (Å²) < 4.78 is 13.2. The van der Waals surface area contributed by atoms with Gasteiger partial charge in [-0.2, -0.15) is 0 Å². The second-order valence-electron chi connectivity index (χ2n) is 5.88. The maximum Gasteiger partial charge on any atom is 0.256 e. The number of nitrogens with zero attached hydrogens (tertiary/aromatic N) is 2. The van der Waals surface area contributed by atoms with Crippen LogP contribution in [0.15, 0.2) is 36.4 Å². The maximum atomic E-state index is 13.2. The smallest absolute Gasteiger partial charge is 0.256 e. The monoisotopic (exact) mass is 342 g/mol. The number of amides is 2. The van der Waals surface area contributed by atoms with Crippen molar-refractivity contribution in [3.63, 3.8) is 0 Å². The third-order valence-electron chi connectivity index (χ3n) is 3.95. The summed E-state index contributed by atoms with van der Waals surface area (Å²) in [6.45, 7) is 3.17. The summed E-state index contributed by atoms with van der Waals surface area (Å²) in [7, 11) is 0. The standard InChI is InChI=1S/C18H19FN4O2/c1-12(24)20-7-8-23-11-16-15(18(23)25)5-6-17(22-16)21-10-13-3-2-4-14(19)9-13/h2-6,9H,7-8,10-11H2,1H3,(H,20,24)(H,21,22). The number of aromatic nitrogens is 1. The average Bonchev–Trinajstić information content (AvgIpc) is 2.88. The summed E-state index contributed by atoms with van der Waals surface area (Å²) in [6.07, 6.45) is 0. The van der Waals surface area contributed by atoms with Crippen LogP contribution >= 0.6 is 0 Å². The number of benzene rings is 1. The lowest BCUT2D eigenvalue weighted by molar-refractivity contribution is -0.119. The van der Waals surface area contributed by atoms with E-state index in [1.807, 2.05) is 6.07 Å². The van der Waals surface area contributed by atoms with Crippen LogP contribution in [0.5, 0.6) is 0 Å². The summed E-state index contributed by atoms with van der Waals surface area (Å²) in [6, 6.07) is 9.85. The molecule has 2 N–H and O–H groups in total. The number of fused-ring (bicyclic) bond motifs is 1. The first-order valence-electron chi connectivity index (χ1n) is 8.05. The minimum Gasteiger partial charge on any atom is -0.366 e. The summed E-state index contributed by atoms with van der Waals surface area (Å²) in [4.78, 5) is 29.4. The number of carbonyl (C=O) groups excluding carboxylic acids is 2. The zero-order valence-electron chi connectivity index (χ0n) is 13.9. The van der Waals surface area contributed by atoms with Crippen molar-refractivity contribution in [1.29, 1.82) is 0 Å². The van der Waals surface area contributed by atoms with E-state index in [1.165, 1.54) is 19.1 Å². The Bertz CT molecular complexity index is 809. The molecule has 6 nitrogen and oxygen atoms in total. The number of hydrogen-bond acceptors (Lipinski definition) is 4. The van der Waals surface area contributed by atoms with Crippen LogP contribution < -0.4 is 10.6 Å². The first-order valence-corrected chi connectivity index (χ1v) is 8.05. The van der Waals surface area contributed by atoms with Gasteiger partial charge in [-0.05, 0) is 29.8 Å². The zero-order chi connectivity index (χ0) is 17.8. The van der Waals surface area contributed by atoms with Crippen LogP contribution in [0.4, 0.5) is 10.2 Å². The average molecular weight is 342 g/mol. The maximum absolute atomic E-state index is 13.2. The summed E-state index contributed by atoms with van der Waals surface area (Å²) in [5, 5.41) is 5.82. The predicted molar refractivity (Wildman–Crippen MR) is 91.4 cm³/mol. The Morgan fingerprint density at radius 3 is 2.92 bits per heavy atom.